The molecule has 0 bridgehead atoms. The Morgan fingerprint density at radius 3 is 2.05 bits per heavy atom. The largest absolute Gasteiger partial charge is 0.383 e. The molecule has 0 heterocycles. The standard InChI is InChI=1S/C16H36N2O/c1-8-14(9-2)18(12-13-19-7)11-10-15(17-6)16(3,4)5/h14-15,17H,8-13H2,1-7H3. The van der Waals surface area contributed by atoms with Crippen molar-refractivity contribution in [2.75, 3.05) is 33.9 Å². The first-order valence-electron chi connectivity index (χ1n) is 7.80. The van der Waals surface area contributed by atoms with Crippen molar-refractivity contribution in [3.05, 3.63) is 0 Å². The molecule has 0 aromatic rings. The van der Waals surface area contributed by atoms with Crippen LogP contribution in [0.4, 0.5) is 0 Å². The van der Waals surface area contributed by atoms with Crippen molar-refractivity contribution in [1.82, 2.24) is 10.2 Å². The predicted molar refractivity (Wildman–Crippen MR) is 84.7 cm³/mol. The van der Waals surface area contributed by atoms with Crippen molar-refractivity contribution in [2.24, 2.45) is 5.41 Å². The predicted octanol–water partition coefficient (Wildman–Crippen LogP) is 3.15. The molecule has 19 heavy (non-hydrogen) atoms. The van der Waals surface area contributed by atoms with Gasteiger partial charge in [-0.3, -0.25) is 4.90 Å². The normalized spacial score (nSPS) is 14.4. The SMILES string of the molecule is CCC(CC)N(CCOC)CCC(NC)C(C)(C)C. The van der Waals surface area contributed by atoms with Crippen molar-refractivity contribution in [3.8, 4) is 0 Å². The van der Waals surface area contributed by atoms with E-state index in [1.54, 1.807) is 7.11 Å². The van der Waals surface area contributed by atoms with E-state index in [2.05, 4.69) is 51.9 Å². The number of rotatable bonds is 10. The van der Waals surface area contributed by atoms with Gasteiger partial charge in [0.1, 0.15) is 0 Å². The third-order valence-electron chi connectivity index (χ3n) is 4.14. The maximum Gasteiger partial charge on any atom is 0.0589 e. The van der Waals surface area contributed by atoms with Gasteiger partial charge in [0.25, 0.3) is 0 Å². The van der Waals surface area contributed by atoms with Gasteiger partial charge in [0.2, 0.25) is 0 Å². The number of methoxy groups -OCH3 is 1. The fourth-order valence-electron chi connectivity index (χ4n) is 2.80. The van der Waals surface area contributed by atoms with Gasteiger partial charge in [-0.05, 0) is 31.7 Å². The van der Waals surface area contributed by atoms with Crippen LogP contribution in [-0.4, -0.2) is 50.8 Å². The van der Waals surface area contributed by atoms with E-state index in [0.717, 1.165) is 19.7 Å². The maximum absolute atomic E-state index is 5.25. The molecule has 0 aromatic heterocycles. The fraction of sp³-hybridized carbons (Fsp3) is 1.00. The molecule has 0 radical (unpaired) electrons. The summed E-state index contributed by atoms with van der Waals surface area (Å²) >= 11 is 0. The highest BCUT2D eigenvalue weighted by molar-refractivity contribution is 4.81. The van der Waals surface area contributed by atoms with Gasteiger partial charge in [-0.25, -0.2) is 0 Å². The molecule has 0 rings (SSSR count). The quantitative estimate of drug-likeness (QED) is 0.661. The lowest BCUT2D eigenvalue weighted by atomic mass is 9.84. The number of hydrogen-bond acceptors (Lipinski definition) is 3. The fourth-order valence-corrected chi connectivity index (χ4v) is 2.80. The summed E-state index contributed by atoms with van der Waals surface area (Å²) in [7, 11) is 3.86. The molecule has 0 saturated carbocycles. The van der Waals surface area contributed by atoms with Gasteiger partial charge < -0.3 is 10.1 Å². The van der Waals surface area contributed by atoms with Gasteiger partial charge in [0, 0.05) is 32.3 Å². The highest BCUT2D eigenvalue weighted by atomic mass is 16.5. The number of hydrogen-bond donors (Lipinski definition) is 1. The first kappa shape index (κ1) is 18.9. The summed E-state index contributed by atoms with van der Waals surface area (Å²) in [5, 5.41) is 3.47. The molecule has 3 heteroatoms. The third-order valence-corrected chi connectivity index (χ3v) is 4.14. The highest BCUT2D eigenvalue weighted by Gasteiger charge is 2.24. The zero-order valence-electron chi connectivity index (χ0n) is 14.3. The number of nitrogens with one attached hydrogen (secondary N) is 1. The summed E-state index contributed by atoms with van der Waals surface area (Å²) in [5.74, 6) is 0. The molecule has 0 amide bonds. The van der Waals surface area contributed by atoms with Crippen LogP contribution in [0.2, 0.25) is 0 Å². The molecular formula is C16H36N2O. The molecular weight excluding hydrogens is 236 g/mol. The van der Waals surface area contributed by atoms with Gasteiger partial charge >= 0.3 is 0 Å². The van der Waals surface area contributed by atoms with E-state index in [9.17, 15) is 0 Å². The van der Waals surface area contributed by atoms with Crippen LogP contribution < -0.4 is 5.32 Å². The van der Waals surface area contributed by atoms with E-state index >= 15 is 0 Å². The van der Waals surface area contributed by atoms with Crippen LogP contribution in [0.25, 0.3) is 0 Å². The van der Waals surface area contributed by atoms with Crippen molar-refractivity contribution in [1.29, 1.82) is 0 Å². The first-order valence-corrected chi connectivity index (χ1v) is 7.80. The summed E-state index contributed by atoms with van der Waals surface area (Å²) in [6.45, 7) is 14.5. The molecule has 3 nitrogen and oxygen atoms in total. The summed E-state index contributed by atoms with van der Waals surface area (Å²) in [6.07, 6.45) is 3.64. The average Bonchev–Trinajstić information content (AvgIpc) is 2.35. The molecule has 0 fully saturated rings. The van der Waals surface area contributed by atoms with Crippen molar-refractivity contribution < 1.29 is 4.74 Å². The van der Waals surface area contributed by atoms with Gasteiger partial charge in [-0.1, -0.05) is 34.6 Å². The minimum Gasteiger partial charge on any atom is -0.383 e. The molecule has 0 aliphatic heterocycles. The van der Waals surface area contributed by atoms with E-state index in [1.807, 2.05) is 0 Å². The summed E-state index contributed by atoms with van der Waals surface area (Å²) in [4.78, 5) is 2.60. The van der Waals surface area contributed by atoms with Gasteiger partial charge in [0.05, 0.1) is 6.61 Å². The summed E-state index contributed by atoms with van der Waals surface area (Å²) in [6, 6.07) is 1.25. The molecule has 0 aromatic carbocycles. The van der Waals surface area contributed by atoms with E-state index in [1.165, 1.54) is 19.3 Å². The van der Waals surface area contributed by atoms with E-state index < -0.39 is 0 Å². The second kappa shape index (κ2) is 9.73. The maximum atomic E-state index is 5.25. The van der Waals surface area contributed by atoms with Crippen LogP contribution in [0.1, 0.15) is 53.9 Å². The number of ether oxygens (including phenoxy) is 1. The van der Waals surface area contributed by atoms with Crippen molar-refractivity contribution in [2.45, 2.75) is 66.0 Å². The third kappa shape index (κ3) is 7.28. The van der Waals surface area contributed by atoms with E-state index in [0.29, 0.717) is 17.5 Å². The molecule has 0 aliphatic carbocycles. The van der Waals surface area contributed by atoms with Crippen LogP contribution in [0.3, 0.4) is 0 Å². The lowest BCUT2D eigenvalue weighted by Crippen LogP contribution is -2.44. The Hall–Kier alpha value is -0.120. The molecule has 0 spiro atoms. The van der Waals surface area contributed by atoms with Crippen LogP contribution in [0, 0.1) is 5.41 Å². The molecule has 0 aliphatic rings. The second-order valence-electron chi connectivity index (χ2n) is 6.50. The monoisotopic (exact) mass is 272 g/mol. The molecule has 1 N–H and O–H groups in total. The van der Waals surface area contributed by atoms with E-state index in [-0.39, 0.29) is 0 Å². The Balaban J connectivity index is 4.46. The average molecular weight is 272 g/mol. The molecule has 116 valence electrons. The lowest BCUT2D eigenvalue weighted by molar-refractivity contribution is 0.106. The van der Waals surface area contributed by atoms with Gasteiger partial charge in [0.15, 0.2) is 0 Å². The minimum atomic E-state index is 0.315. The van der Waals surface area contributed by atoms with Gasteiger partial charge in [-0.15, -0.1) is 0 Å². The Morgan fingerprint density at radius 2 is 1.68 bits per heavy atom. The van der Waals surface area contributed by atoms with E-state index in [4.69, 9.17) is 4.74 Å². The van der Waals surface area contributed by atoms with Crippen LogP contribution >= 0.6 is 0 Å². The second-order valence-corrected chi connectivity index (χ2v) is 6.50. The van der Waals surface area contributed by atoms with Crippen molar-refractivity contribution >= 4 is 0 Å². The lowest BCUT2D eigenvalue weighted by Gasteiger charge is -2.35. The van der Waals surface area contributed by atoms with Crippen LogP contribution in [0.5, 0.6) is 0 Å². The zero-order valence-corrected chi connectivity index (χ0v) is 14.3. The molecule has 1 atom stereocenters. The summed E-state index contributed by atoms with van der Waals surface area (Å²) < 4.78 is 5.25. The van der Waals surface area contributed by atoms with Crippen molar-refractivity contribution in [3.63, 3.8) is 0 Å². The van der Waals surface area contributed by atoms with Crippen LogP contribution in [-0.2, 0) is 4.74 Å². The Morgan fingerprint density at radius 1 is 1.11 bits per heavy atom. The molecule has 0 saturated heterocycles. The zero-order chi connectivity index (χ0) is 14.9. The first-order chi connectivity index (χ1) is 8.90. The summed E-state index contributed by atoms with van der Waals surface area (Å²) in [5.41, 5.74) is 0.315. The Kier molecular flexibility index (Phi) is 9.67. The highest BCUT2D eigenvalue weighted by Crippen LogP contribution is 2.22. The molecule has 1 unspecified atom stereocenters. The minimum absolute atomic E-state index is 0.315. The topological polar surface area (TPSA) is 24.5 Å². The smallest absolute Gasteiger partial charge is 0.0589 e. The Bertz CT molecular complexity index is 209. The number of nitrogens with zero attached hydrogens (tertiary/aromatic N) is 1. The van der Waals surface area contributed by atoms with Crippen LogP contribution in [0.15, 0.2) is 0 Å². The van der Waals surface area contributed by atoms with Gasteiger partial charge in [-0.2, -0.15) is 0 Å². The Labute approximate surface area is 121 Å².